The summed E-state index contributed by atoms with van der Waals surface area (Å²) in [4.78, 5) is 30.9. The number of carbonyl (C=O) groups is 3. The molecule has 0 aliphatic heterocycles. The minimum Gasteiger partial charge on any atom is -0.545 e. The number of carbonyl (C=O) groups excluding carboxylic acids is 3. The van der Waals surface area contributed by atoms with Gasteiger partial charge < -0.3 is 29.7 Å². The number of carboxylic acid groups (broad SMARTS) is 3. The predicted octanol–water partition coefficient (Wildman–Crippen LogP) is 0.695. The molecular formula is C24H21GaO6. The third kappa shape index (κ3) is 9.37. The quantitative estimate of drug-likeness (QED) is 0.515. The van der Waals surface area contributed by atoms with Crippen LogP contribution in [0.3, 0.4) is 0 Å². The van der Waals surface area contributed by atoms with Crippen LogP contribution >= 0.6 is 0 Å². The Kier molecular flexibility index (Phi) is 12.4. The van der Waals surface area contributed by atoms with Crippen LogP contribution in [0.1, 0.15) is 47.8 Å². The molecule has 0 amide bonds. The Bertz CT molecular complexity index is 898. The van der Waals surface area contributed by atoms with Crippen LogP contribution in [0.4, 0.5) is 0 Å². The van der Waals surface area contributed by atoms with Crippen molar-refractivity contribution in [3.63, 3.8) is 0 Å². The van der Waals surface area contributed by atoms with E-state index in [0.717, 1.165) is 16.7 Å². The topological polar surface area (TPSA) is 120 Å². The van der Waals surface area contributed by atoms with E-state index in [1.807, 2.05) is 0 Å². The Hall–Kier alpha value is -3.29. The van der Waals surface area contributed by atoms with Gasteiger partial charge in [0.2, 0.25) is 0 Å². The zero-order chi connectivity index (χ0) is 22.7. The van der Waals surface area contributed by atoms with E-state index >= 15 is 0 Å². The van der Waals surface area contributed by atoms with E-state index in [1.54, 1.807) is 75.4 Å². The monoisotopic (exact) mass is 474 g/mol. The Balaban J connectivity index is 0.000000429. The summed E-state index contributed by atoms with van der Waals surface area (Å²) in [5.41, 5.74) is 3.01. The van der Waals surface area contributed by atoms with Crippen LogP contribution in [0.25, 0.3) is 0 Å². The molecule has 0 aliphatic rings. The Labute approximate surface area is 194 Å². The minimum atomic E-state index is -1.11. The van der Waals surface area contributed by atoms with Crippen molar-refractivity contribution in [2.45, 2.75) is 20.8 Å². The van der Waals surface area contributed by atoms with Gasteiger partial charge in [0.25, 0.3) is 0 Å². The smallest absolute Gasteiger partial charge is 0.545 e. The van der Waals surface area contributed by atoms with Crippen molar-refractivity contribution in [3.05, 3.63) is 106 Å². The van der Waals surface area contributed by atoms with Crippen molar-refractivity contribution in [2.24, 2.45) is 0 Å². The van der Waals surface area contributed by atoms with E-state index in [9.17, 15) is 29.7 Å². The number of carboxylic acids is 3. The van der Waals surface area contributed by atoms with Gasteiger partial charge in [0.15, 0.2) is 0 Å². The van der Waals surface area contributed by atoms with E-state index in [4.69, 9.17) is 0 Å². The van der Waals surface area contributed by atoms with E-state index in [2.05, 4.69) is 0 Å². The summed E-state index contributed by atoms with van der Waals surface area (Å²) in [6, 6.07) is 20.2. The second-order valence-electron chi connectivity index (χ2n) is 6.31. The molecule has 31 heavy (non-hydrogen) atoms. The summed E-state index contributed by atoms with van der Waals surface area (Å²) < 4.78 is 0. The molecule has 0 aliphatic carbocycles. The largest absolute Gasteiger partial charge is 3.00 e. The van der Waals surface area contributed by atoms with Crippen molar-refractivity contribution in [1.29, 1.82) is 0 Å². The van der Waals surface area contributed by atoms with Gasteiger partial charge in [0.05, 0.1) is 17.9 Å². The predicted molar refractivity (Wildman–Crippen MR) is 112 cm³/mol. The Morgan fingerprint density at radius 2 is 0.677 bits per heavy atom. The van der Waals surface area contributed by atoms with E-state index in [-0.39, 0.29) is 36.5 Å². The number of aryl methyl sites for hydroxylation is 3. The van der Waals surface area contributed by atoms with Gasteiger partial charge in [0, 0.05) is 16.7 Å². The molecule has 0 N–H and O–H groups in total. The zero-order valence-electron chi connectivity index (χ0n) is 17.5. The summed E-state index contributed by atoms with van der Waals surface area (Å²) in [6.45, 7) is 5.22. The fourth-order valence-corrected chi connectivity index (χ4v) is 2.41. The molecule has 0 aromatic heterocycles. The summed E-state index contributed by atoms with van der Waals surface area (Å²) in [5.74, 6) is -3.34. The number of hydrogen-bond acceptors (Lipinski definition) is 6. The summed E-state index contributed by atoms with van der Waals surface area (Å²) in [5, 5.41) is 30.9. The Morgan fingerprint density at radius 1 is 0.484 bits per heavy atom. The molecule has 3 rings (SSSR count). The second kappa shape index (κ2) is 13.8. The zero-order valence-corrected chi connectivity index (χ0v) is 19.9. The number of hydrogen-bond donors (Lipinski definition) is 0. The summed E-state index contributed by atoms with van der Waals surface area (Å²) in [7, 11) is 0. The molecule has 0 bridgehead atoms. The first-order valence-electron chi connectivity index (χ1n) is 8.96. The average molecular weight is 475 g/mol. The van der Waals surface area contributed by atoms with Crippen molar-refractivity contribution in [3.8, 4) is 0 Å². The van der Waals surface area contributed by atoms with Crippen LogP contribution in [0.15, 0.2) is 72.8 Å². The third-order valence-corrected chi connectivity index (χ3v) is 4.09. The summed E-state index contributed by atoms with van der Waals surface area (Å²) in [6.07, 6.45) is 0. The number of benzene rings is 3. The molecule has 0 radical (unpaired) electrons. The van der Waals surface area contributed by atoms with Crippen molar-refractivity contribution < 1.29 is 29.7 Å². The van der Waals surface area contributed by atoms with E-state index in [1.165, 1.54) is 18.2 Å². The number of rotatable bonds is 3. The van der Waals surface area contributed by atoms with Crippen molar-refractivity contribution in [1.82, 2.24) is 0 Å². The fourth-order valence-electron chi connectivity index (χ4n) is 2.41. The third-order valence-electron chi connectivity index (χ3n) is 4.09. The van der Waals surface area contributed by atoms with Crippen LogP contribution in [-0.4, -0.2) is 37.7 Å². The molecule has 0 saturated heterocycles. The first-order valence-corrected chi connectivity index (χ1v) is 8.96. The van der Waals surface area contributed by atoms with Gasteiger partial charge in [-0.3, -0.25) is 0 Å². The van der Waals surface area contributed by atoms with Gasteiger partial charge in [-0.15, -0.1) is 0 Å². The molecular weight excluding hydrogens is 454 g/mol. The molecule has 0 saturated carbocycles. The molecule has 0 unspecified atom stereocenters. The molecule has 3 aromatic carbocycles. The van der Waals surface area contributed by atoms with E-state index in [0.29, 0.717) is 0 Å². The normalized spacial score (nSPS) is 9.00. The molecule has 0 fully saturated rings. The molecule has 0 atom stereocenters. The maximum absolute atomic E-state index is 10.3. The van der Waals surface area contributed by atoms with Gasteiger partial charge in [-0.05, 0) is 37.5 Å². The molecule has 6 nitrogen and oxygen atoms in total. The van der Waals surface area contributed by atoms with Crippen LogP contribution < -0.4 is 15.3 Å². The molecule has 156 valence electrons. The SMILES string of the molecule is Cc1ccccc1C(=O)[O-].Cc1ccccc1C(=O)[O-].Cc1ccccc1C(=O)[O-].[Ga+3]. The minimum absolute atomic E-state index is 0. The first kappa shape index (κ1) is 27.7. The van der Waals surface area contributed by atoms with Gasteiger partial charge >= 0.3 is 19.8 Å². The van der Waals surface area contributed by atoms with Crippen molar-refractivity contribution >= 4 is 37.7 Å². The van der Waals surface area contributed by atoms with Crippen molar-refractivity contribution in [2.75, 3.05) is 0 Å². The second-order valence-corrected chi connectivity index (χ2v) is 6.31. The number of aromatic carboxylic acids is 3. The van der Waals surface area contributed by atoms with Crippen LogP contribution in [0.5, 0.6) is 0 Å². The van der Waals surface area contributed by atoms with Gasteiger partial charge in [-0.2, -0.15) is 0 Å². The van der Waals surface area contributed by atoms with Gasteiger partial charge in [-0.1, -0.05) is 72.8 Å². The first-order chi connectivity index (χ1) is 14.1. The van der Waals surface area contributed by atoms with Gasteiger partial charge in [-0.25, -0.2) is 0 Å². The molecule has 0 spiro atoms. The Morgan fingerprint density at radius 3 is 0.806 bits per heavy atom. The average Bonchev–Trinajstić information content (AvgIpc) is 2.69. The maximum atomic E-state index is 10.3. The maximum Gasteiger partial charge on any atom is 3.00 e. The van der Waals surface area contributed by atoms with E-state index < -0.39 is 17.9 Å². The van der Waals surface area contributed by atoms with Crippen LogP contribution in [0, 0.1) is 20.8 Å². The van der Waals surface area contributed by atoms with Crippen LogP contribution in [-0.2, 0) is 0 Å². The molecule has 3 aromatic rings. The molecule has 7 heteroatoms. The summed E-state index contributed by atoms with van der Waals surface area (Å²) >= 11 is 0. The van der Waals surface area contributed by atoms with Crippen LogP contribution in [0.2, 0.25) is 0 Å². The standard InChI is InChI=1S/3C8H8O2.Ga/c3*1-6-4-2-3-5-7(6)8(9)10;/h3*2-5H,1H3,(H,9,10);/q;;;+3/p-3. The fraction of sp³-hybridized carbons (Fsp3) is 0.125. The molecule has 0 heterocycles. The van der Waals surface area contributed by atoms with Gasteiger partial charge in [0.1, 0.15) is 0 Å².